The van der Waals surface area contributed by atoms with Crippen LogP contribution in [0.15, 0.2) is 91.0 Å². The average molecular weight is 431 g/mol. The van der Waals surface area contributed by atoms with Crippen molar-refractivity contribution in [1.82, 2.24) is 4.90 Å². The molecule has 4 atom stereocenters. The summed E-state index contributed by atoms with van der Waals surface area (Å²) in [5, 5.41) is 0. The number of benzene rings is 3. The number of likely N-dealkylation sites (tertiary alicyclic amines) is 1. The van der Waals surface area contributed by atoms with Gasteiger partial charge in [-0.1, -0.05) is 91.0 Å². The number of rotatable bonds is 7. The molecule has 1 amide bonds. The Kier molecular flexibility index (Phi) is 7.20. The summed E-state index contributed by atoms with van der Waals surface area (Å²) in [4.78, 5) is 15.0. The van der Waals surface area contributed by atoms with Crippen LogP contribution in [0.4, 0.5) is 4.79 Å². The summed E-state index contributed by atoms with van der Waals surface area (Å²) in [5.41, 5.74) is 9.81. The molecule has 0 radical (unpaired) electrons. The molecule has 32 heavy (non-hydrogen) atoms. The van der Waals surface area contributed by atoms with E-state index in [4.69, 9.17) is 15.2 Å². The van der Waals surface area contributed by atoms with Crippen LogP contribution < -0.4 is 5.73 Å². The van der Waals surface area contributed by atoms with Gasteiger partial charge >= 0.3 is 6.09 Å². The maximum atomic E-state index is 13.2. The molecule has 0 unspecified atom stereocenters. The SMILES string of the molecule is C[C@H]1[C@@H](COCc2ccccc2)[C@@H](N)[C@H](c2ccccc2)N1C(=O)OCc1ccccc1. The quantitative estimate of drug-likeness (QED) is 0.577. The number of nitrogens with two attached hydrogens (primary N) is 1. The van der Waals surface area contributed by atoms with E-state index in [1.165, 1.54) is 0 Å². The van der Waals surface area contributed by atoms with Crippen molar-refractivity contribution in [3.63, 3.8) is 0 Å². The third kappa shape index (κ3) is 5.01. The Labute approximate surface area is 189 Å². The summed E-state index contributed by atoms with van der Waals surface area (Å²) in [6.07, 6.45) is -0.351. The lowest BCUT2D eigenvalue weighted by molar-refractivity contribution is 0.0594. The highest BCUT2D eigenvalue weighted by atomic mass is 16.6. The van der Waals surface area contributed by atoms with E-state index in [2.05, 4.69) is 0 Å². The molecule has 3 aromatic carbocycles. The maximum Gasteiger partial charge on any atom is 0.410 e. The van der Waals surface area contributed by atoms with Crippen molar-refractivity contribution < 1.29 is 14.3 Å². The van der Waals surface area contributed by atoms with Crippen LogP contribution in [-0.4, -0.2) is 29.7 Å². The van der Waals surface area contributed by atoms with Crippen molar-refractivity contribution in [3.8, 4) is 0 Å². The zero-order chi connectivity index (χ0) is 22.3. The molecule has 1 saturated heterocycles. The maximum absolute atomic E-state index is 13.2. The van der Waals surface area contributed by atoms with Crippen molar-refractivity contribution >= 4 is 6.09 Å². The topological polar surface area (TPSA) is 64.8 Å². The van der Waals surface area contributed by atoms with E-state index in [0.717, 1.165) is 16.7 Å². The summed E-state index contributed by atoms with van der Waals surface area (Å²) in [5.74, 6) is -0.00630. The molecule has 4 rings (SSSR count). The molecule has 1 heterocycles. The van der Waals surface area contributed by atoms with Crippen LogP contribution in [-0.2, 0) is 22.7 Å². The first kappa shape index (κ1) is 22.1. The Morgan fingerprint density at radius 1 is 0.844 bits per heavy atom. The van der Waals surface area contributed by atoms with Gasteiger partial charge in [-0.25, -0.2) is 4.79 Å². The van der Waals surface area contributed by atoms with Gasteiger partial charge in [-0.05, 0) is 23.6 Å². The first-order chi connectivity index (χ1) is 15.6. The van der Waals surface area contributed by atoms with Crippen molar-refractivity contribution in [2.45, 2.75) is 38.3 Å². The van der Waals surface area contributed by atoms with Crippen molar-refractivity contribution in [2.75, 3.05) is 6.61 Å². The van der Waals surface area contributed by atoms with E-state index >= 15 is 0 Å². The smallest absolute Gasteiger partial charge is 0.410 e. The molecule has 1 aliphatic heterocycles. The molecule has 5 heteroatoms. The van der Waals surface area contributed by atoms with Gasteiger partial charge in [0, 0.05) is 18.0 Å². The highest BCUT2D eigenvalue weighted by Crippen LogP contribution is 2.40. The molecule has 0 bridgehead atoms. The van der Waals surface area contributed by atoms with Gasteiger partial charge in [-0.3, -0.25) is 4.90 Å². The standard InChI is InChI=1S/C27H30N2O3/c1-20-24(19-31-17-21-11-5-2-6-12-21)25(28)26(23-15-9-4-10-16-23)29(20)27(30)32-18-22-13-7-3-8-14-22/h2-16,20,24-26H,17-19,28H2,1H3/t20-,24+,25+,26-/m0/s1. The Hall–Kier alpha value is -3.15. The number of carbonyl (C=O) groups is 1. The van der Waals surface area contributed by atoms with Crippen LogP contribution in [0.3, 0.4) is 0 Å². The van der Waals surface area contributed by atoms with Gasteiger partial charge in [-0.2, -0.15) is 0 Å². The predicted octanol–water partition coefficient (Wildman–Crippen LogP) is 4.93. The molecule has 3 aromatic rings. The van der Waals surface area contributed by atoms with Crippen molar-refractivity contribution in [1.29, 1.82) is 0 Å². The number of ether oxygens (including phenoxy) is 2. The second-order valence-corrected chi connectivity index (χ2v) is 8.29. The monoisotopic (exact) mass is 430 g/mol. The minimum absolute atomic E-state index is 0.00630. The minimum atomic E-state index is -0.351. The normalized spacial score (nSPS) is 22.6. The highest BCUT2D eigenvalue weighted by Gasteiger charge is 2.48. The van der Waals surface area contributed by atoms with Crippen LogP contribution in [0.2, 0.25) is 0 Å². The summed E-state index contributed by atoms with van der Waals surface area (Å²) < 4.78 is 11.7. The molecule has 2 N–H and O–H groups in total. The summed E-state index contributed by atoms with van der Waals surface area (Å²) in [6.45, 7) is 3.26. The van der Waals surface area contributed by atoms with Crippen LogP contribution in [0, 0.1) is 5.92 Å². The lowest BCUT2D eigenvalue weighted by Crippen LogP contribution is -2.39. The molecule has 0 aliphatic carbocycles. The molecule has 0 aromatic heterocycles. The number of hydrogen-bond donors (Lipinski definition) is 1. The fourth-order valence-corrected chi connectivity index (χ4v) is 4.44. The van der Waals surface area contributed by atoms with Crippen LogP contribution in [0.5, 0.6) is 0 Å². The van der Waals surface area contributed by atoms with E-state index in [9.17, 15) is 4.79 Å². The molecular formula is C27H30N2O3. The zero-order valence-electron chi connectivity index (χ0n) is 18.3. The molecule has 0 spiro atoms. The van der Waals surface area contributed by atoms with Gasteiger partial charge in [0.2, 0.25) is 0 Å². The Morgan fingerprint density at radius 3 is 1.97 bits per heavy atom. The van der Waals surface area contributed by atoms with Gasteiger partial charge in [-0.15, -0.1) is 0 Å². The van der Waals surface area contributed by atoms with Crippen LogP contribution in [0.1, 0.15) is 29.7 Å². The van der Waals surface area contributed by atoms with Gasteiger partial charge in [0.05, 0.1) is 19.3 Å². The lowest BCUT2D eigenvalue weighted by Gasteiger charge is -2.29. The zero-order valence-corrected chi connectivity index (χ0v) is 18.3. The van der Waals surface area contributed by atoms with Gasteiger partial charge in [0.1, 0.15) is 6.61 Å². The first-order valence-electron chi connectivity index (χ1n) is 11.1. The summed E-state index contributed by atoms with van der Waals surface area (Å²) in [6, 6.07) is 29.1. The molecular weight excluding hydrogens is 400 g/mol. The second-order valence-electron chi connectivity index (χ2n) is 8.29. The van der Waals surface area contributed by atoms with Crippen molar-refractivity contribution in [3.05, 3.63) is 108 Å². The second kappa shape index (κ2) is 10.4. The third-order valence-electron chi connectivity index (χ3n) is 6.20. The summed E-state index contributed by atoms with van der Waals surface area (Å²) >= 11 is 0. The number of amides is 1. The largest absolute Gasteiger partial charge is 0.445 e. The van der Waals surface area contributed by atoms with Gasteiger partial charge < -0.3 is 15.2 Å². The number of nitrogens with zero attached hydrogens (tertiary/aromatic N) is 1. The fourth-order valence-electron chi connectivity index (χ4n) is 4.44. The average Bonchev–Trinajstić information content (AvgIpc) is 3.09. The van der Waals surface area contributed by atoms with Crippen molar-refractivity contribution in [2.24, 2.45) is 11.7 Å². The molecule has 1 aliphatic rings. The van der Waals surface area contributed by atoms with E-state index in [0.29, 0.717) is 13.2 Å². The van der Waals surface area contributed by atoms with Crippen LogP contribution >= 0.6 is 0 Å². The third-order valence-corrected chi connectivity index (χ3v) is 6.20. The van der Waals surface area contributed by atoms with E-state index in [1.54, 1.807) is 4.90 Å². The van der Waals surface area contributed by atoms with E-state index in [-0.39, 0.29) is 36.7 Å². The number of hydrogen-bond acceptors (Lipinski definition) is 4. The van der Waals surface area contributed by atoms with Crippen LogP contribution in [0.25, 0.3) is 0 Å². The van der Waals surface area contributed by atoms with E-state index in [1.807, 2.05) is 97.9 Å². The highest BCUT2D eigenvalue weighted by molar-refractivity contribution is 5.70. The number of carbonyl (C=O) groups excluding carboxylic acids is 1. The Balaban J connectivity index is 1.48. The molecule has 166 valence electrons. The summed E-state index contributed by atoms with van der Waals surface area (Å²) in [7, 11) is 0. The molecule has 0 saturated carbocycles. The van der Waals surface area contributed by atoms with E-state index < -0.39 is 0 Å². The van der Waals surface area contributed by atoms with Gasteiger partial charge in [0.15, 0.2) is 0 Å². The first-order valence-corrected chi connectivity index (χ1v) is 11.1. The lowest BCUT2D eigenvalue weighted by atomic mass is 9.92. The fraction of sp³-hybridized carbons (Fsp3) is 0.296. The Bertz CT molecular complexity index is 982. The predicted molar refractivity (Wildman–Crippen MR) is 125 cm³/mol. The molecule has 5 nitrogen and oxygen atoms in total. The van der Waals surface area contributed by atoms with Gasteiger partial charge in [0.25, 0.3) is 0 Å². The minimum Gasteiger partial charge on any atom is -0.445 e. The molecule has 1 fully saturated rings. The Morgan fingerprint density at radius 2 is 1.38 bits per heavy atom.